The van der Waals surface area contributed by atoms with Crippen LogP contribution in [0.1, 0.15) is 48.0 Å². The number of pyridine rings is 1. The molecule has 28 heavy (non-hydrogen) atoms. The highest BCUT2D eigenvalue weighted by Gasteiger charge is 2.27. The summed E-state index contributed by atoms with van der Waals surface area (Å²) >= 11 is 0. The molecule has 0 bridgehead atoms. The molecule has 1 amide bonds. The quantitative estimate of drug-likeness (QED) is 0.787. The predicted molar refractivity (Wildman–Crippen MR) is 108 cm³/mol. The minimum absolute atomic E-state index is 0.0649. The summed E-state index contributed by atoms with van der Waals surface area (Å²) in [5.74, 6) is 2.38. The zero-order valence-corrected chi connectivity index (χ0v) is 16.6. The molecular formula is C22H27N3O3. The zero-order chi connectivity index (χ0) is 19.5. The van der Waals surface area contributed by atoms with Gasteiger partial charge in [0.25, 0.3) is 5.91 Å². The zero-order valence-electron chi connectivity index (χ0n) is 16.6. The van der Waals surface area contributed by atoms with Crippen molar-refractivity contribution in [2.75, 3.05) is 25.8 Å². The number of rotatable bonds is 5. The van der Waals surface area contributed by atoms with Crippen molar-refractivity contribution < 1.29 is 14.3 Å². The van der Waals surface area contributed by atoms with Crippen LogP contribution in [0.2, 0.25) is 0 Å². The number of carbonyl (C=O) groups is 1. The van der Waals surface area contributed by atoms with Crippen LogP contribution in [-0.4, -0.2) is 42.7 Å². The van der Waals surface area contributed by atoms with E-state index in [0.29, 0.717) is 12.1 Å². The maximum absolute atomic E-state index is 13.5. The van der Waals surface area contributed by atoms with Gasteiger partial charge in [-0.15, -0.1) is 0 Å². The lowest BCUT2D eigenvalue weighted by atomic mass is 9.93. The lowest BCUT2D eigenvalue weighted by molar-refractivity contribution is 0.0614. The fraction of sp³-hybridized carbons (Fsp3) is 0.455. The molecule has 0 radical (unpaired) electrons. The van der Waals surface area contributed by atoms with Gasteiger partial charge in [-0.2, -0.15) is 0 Å². The predicted octanol–water partition coefficient (Wildman–Crippen LogP) is 3.85. The van der Waals surface area contributed by atoms with E-state index in [1.54, 1.807) is 6.20 Å². The molecule has 2 aromatic rings. The average molecular weight is 381 g/mol. The van der Waals surface area contributed by atoms with Gasteiger partial charge in [-0.25, -0.2) is 4.98 Å². The fourth-order valence-electron chi connectivity index (χ4n) is 3.96. The van der Waals surface area contributed by atoms with E-state index in [4.69, 9.17) is 9.47 Å². The molecule has 6 nitrogen and oxygen atoms in total. The van der Waals surface area contributed by atoms with Gasteiger partial charge in [-0.3, -0.25) is 4.79 Å². The highest BCUT2D eigenvalue weighted by atomic mass is 16.7. The molecule has 1 saturated carbocycles. The molecule has 0 N–H and O–H groups in total. The number of benzene rings is 1. The maximum atomic E-state index is 13.5. The van der Waals surface area contributed by atoms with Crippen LogP contribution >= 0.6 is 0 Å². The first kappa shape index (κ1) is 18.6. The molecule has 1 aliphatic carbocycles. The minimum Gasteiger partial charge on any atom is -0.454 e. The third-order valence-corrected chi connectivity index (χ3v) is 5.52. The largest absolute Gasteiger partial charge is 0.454 e. The third-order valence-electron chi connectivity index (χ3n) is 5.52. The Kier molecular flexibility index (Phi) is 5.37. The summed E-state index contributed by atoms with van der Waals surface area (Å²) in [6.07, 6.45) is 7.43. The molecule has 148 valence electrons. The minimum atomic E-state index is 0.0649. The monoisotopic (exact) mass is 381 g/mol. The molecule has 2 heterocycles. The Bertz CT molecular complexity index is 847. The third kappa shape index (κ3) is 3.91. The molecule has 0 atom stereocenters. The molecule has 0 unspecified atom stereocenters. The second-order valence-corrected chi connectivity index (χ2v) is 7.71. The van der Waals surface area contributed by atoms with E-state index < -0.39 is 0 Å². The van der Waals surface area contributed by atoms with E-state index >= 15 is 0 Å². The van der Waals surface area contributed by atoms with E-state index in [0.717, 1.165) is 35.7 Å². The van der Waals surface area contributed by atoms with Crippen molar-refractivity contribution in [3.05, 3.63) is 47.7 Å². The number of anilines is 1. The van der Waals surface area contributed by atoms with Gasteiger partial charge in [-0.1, -0.05) is 25.3 Å². The highest BCUT2D eigenvalue weighted by Crippen LogP contribution is 2.34. The molecule has 6 heteroatoms. The van der Waals surface area contributed by atoms with Crippen LogP contribution < -0.4 is 14.4 Å². The molecule has 1 aromatic carbocycles. The summed E-state index contributed by atoms with van der Waals surface area (Å²) in [7, 11) is 3.87. The first-order valence-corrected chi connectivity index (χ1v) is 9.95. The van der Waals surface area contributed by atoms with Crippen molar-refractivity contribution in [1.29, 1.82) is 0 Å². The van der Waals surface area contributed by atoms with Crippen LogP contribution in [-0.2, 0) is 6.54 Å². The lowest BCUT2D eigenvalue weighted by Gasteiger charge is -2.34. The van der Waals surface area contributed by atoms with Crippen LogP contribution in [0.25, 0.3) is 0 Å². The average Bonchev–Trinajstić information content (AvgIpc) is 3.20. The Balaban J connectivity index is 1.61. The first-order chi connectivity index (χ1) is 13.6. The Labute approximate surface area is 166 Å². The van der Waals surface area contributed by atoms with Gasteiger partial charge in [0.1, 0.15) is 5.82 Å². The highest BCUT2D eigenvalue weighted by molar-refractivity contribution is 5.95. The van der Waals surface area contributed by atoms with Crippen molar-refractivity contribution in [3.8, 4) is 11.5 Å². The first-order valence-electron chi connectivity index (χ1n) is 9.95. The number of hydrogen-bond acceptors (Lipinski definition) is 5. The number of hydrogen-bond donors (Lipinski definition) is 0. The molecule has 4 rings (SSSR count). The van der Waals surface area contributed by atoms with E-state index in [1.165, 1.54) is 19.3 Å². The van der Waals surface area contributed by atoms with Crippen LogP contribution in [0.15, 0.2) is 36.5 Å². The van der Waals surface area contributed by atoms with Gasteiger partial charge in [-0.05, 0) is 42.7 Å². The van der Waals surface area contributed by atoms with Crippen LogP contribution in [0.4, 0.5) is 5.82 Å². The lowest BCUT2D eigenvalue weighted by Crippen LogP contribution is -2.41. The summed E-state index contributed by atoms with van der Waals surface area (Å²) in [6, 6.07) is 9.89. The van der Waals surface area contributed by atoms with E-state index in [-0.39, 0.29) is 18.7 Å². The molecule has 2 aliphatic rings. The second kappa shape index (κ2) is 8.09. The van der Waals surface area contributed by atoms with E-state index in [9.17, 15) is 4.79 Å². The van der Waals surface area contributed by atoms with Gasteiger partial charge < -0.3 is 19.3 Å². The van der Waals surface area contributed by atoms with E-state index in [1.807, 2.05) is 54.2 Å². The summed E-state index contributed by atoms with van der Waals surface area (Å²) in [6.45, 7) is 0.828. The van der Waals surface area contributed by atoms with Crippen molar-refractivity contribution in [1.82, 2.24) is 9.88 Å². The van der Waals surface area contributed by atoms with Gasteiger partial charge in [0, 0.05) is 38.4 Å². The molecule has 1 aromatic heterocycles. The molecule has 1 fully saturated rings. The smallest absolute Gasteiger partial charge is 0.254 e. The molecular weight excluding hydrogens is 354 g/mol. The van der Waals surface area contributed by atoms with Crippen LogP contribution in [0, 0.1) is 0 Å². The Morgan fingerprint density at radius 3 is 2.64 bits per heavy atom. The molecule has 0 spiro atoms. The SMILES string of the molecule is CN(C)c1cc(C(=O)N(Cc2ccc3c(c2)OCO3)C2CCCCC2)ccn1. The van der Waals surface area contributed by atoms with Gasteiger partial charge >= 0.3 is 0 Å². The van der Waals surface area contributed by atoms with Crippen molar-refractivity contribution >= 4 is 11.7 Å². The molecule has 1 aliphatic heterocycles. The fourth-order valence-corrected chi connectivity index (χ4v) is 3.96. The van der Waals surface area contributed by atoms with Crippen molar-refractivity contribution in [2.45, 2.75) is 44.7 Å². The maximum Gasteiger partial charge on any atom is 0.254 e. The van der Waals surface area contributed by atoms with E-state index in [2.05, 4.69) is 4.98 Å². The standard InChI is InChI=1S/C22H27N3O3/c1-24(2)21-13-17(10-11-23-21)22(26)25(18-6-4-3-5-7-18)14-16-8-9-19-20(12-16)28-15-27-19/h8-13,18H,3-7,14-15H2,1-2H3. The van der Waals surface area contributed by atoms with Crippen molar-refractivity contribution in [2.24, 2.45) is 0 Å². The Hall–Kier alpha value is -2.76. The number of aromatic nitrogens is 1. The molecule has 0 saturated heterocycles. The Morgan fingerprint density at radius 1 is 1.07 bits per heavy atom. The Morgan fingerprint density at radius 2 is 1.86 bits per heavy atom. The van der Waals surface area contributed by atoms with Crippen molar-refractivity contribution in [3.63, 3.8) is 0 Å². The summed E-state index contributed by atoms with van der Waals surface area (Å²) in [5, 5.41) is 0. The van der Waals surface area contributed by atoms with Gasteiger partial charge in [0.2, 0.25) is 6.79 Å². The van der Waals surface area contributed by atoms with Gasteiger partial charge in [0.15, 0.2) is 11.5 Å². The number of carbonyl (C=O) groups excluding carboxylic acids is 1. The van der Waals surface area contributed by atoms with Gasteiger partial charge in [0.05, 0.1) is 0 Å². The number of ether oxygens (including phenoxy) is 2. The van der Waals surface area contributed by atoms with Crippen LogP contribution in [0.5, 0.6) is 11.5 Å². The number of amides is 1. The summed E-state index contributed by atoms with van der Waals surface area (Å²) in [5.41, 5.74) is 1.75. The van der Waals surface area contributed by atoms with Crippen LogP contribution in [0.3, 0.4) is 0 Å². The number of fused-ring (bicyclic) bond motifs is 1. The second-order valence-electron chi connectivity index (χ2n) is 7.71. The normalized spacial score (nSPS) is 16.1. The summed E-state index contributed by atoms with van der Waals surface area (Å²) in [4.78, 5) is 21.8. The summed E-state index contributed by atoms with van der Waals surface area (Å²) < 4.78 is 10.9. The number of nitrogens with zero attached hydrogens (tertiary/aromatic N) is 3. The topological polar surface area (TPSA) is 54.9 Å².